The SMILES string of the molecule is O=C(Nc1ccc(C(=O)O)cc1)OCC#CCCl. The zero-order valence-corrected chi connectivity index (χ0v) is 10.0. The molecule has 6 heteroatoms. The molecule has 0 aliphatic carbocycles. The highest BCUT2D eigenvalue weighted by molar-refractivity contribution is 6.19. The van der Waals surface area contributed by atoms with Crippen LogP contribution in [0.2, 0.25) is 0 Å². The third kappa shape index (κ3) is 4.76. The Hall–Kier alpha value is -2.19. The number of halogens is 1. The van der Waals surface area contributed by atoms with Crippen molar-refractivity contribution in [3.05, 3.63) is 29.8 Å². The fraction of sp³-hybridized carbons (Fsp3) is 0.167. The molecule has 1 aromatic carbocycles. The second kappa shape index (κ2) is 7.20. The molecule has 0 spiro atoms. The molecule has 2 N–H and O–H groups in total. The van der Waals surface area contributed by atoms with Crippen LogP contribution in [0.1, 0.15) is 10.4 Å². The van der Waals surface area contributed by atoms with E-state index in [1.807, 2.05) is 0 Å². The number of nitrogens with one attached hydrogen (secondary N) is 1. The molecule has 0 unspecified atom stereocenters. The Labute approximate surface area is 109 Å². The topological polar surface area (TPSA) is 75.6 Å². The number of carbonyl (C=O) groups excluding carboxylic acids is 1. The van der Waals surface area contributed by atoms with Gasteiger partial charge in [-0.15, -0.1) is 11.6 Å². The second-order valence-electron chi connectivity index (χ2n) is 3.07. The van der Waals surface area contributed by atoms with E-state index in [4.69, 9.17) is 21.4 Å². The highest BCUT2D eigenvalue weighted by Gasteiger charge is 2.04. The van der Waals surface area contributed by atoms with Crippen molar-refractivity contribution in [1.29, 1.82) is 0 Å². The van der Waals surface area contributed by atoms with Gasteiger partial charge in [-0.3, -0.25) is 5.32 Å². The summed E-state index contributed by atoms with van der Waals surface area (Å²) in [5.41, 5.74) is 0.581. The highest BCUT2D eigenvalue weighted by atomic mass is 35.5. The van der Waals surface area contributed by atoms with Crippen molar-refractivity contribution in [2.24, 2.45) is 0 Å². The van der Waals surface area contributed by atoms with E-state index in [1.54, 1.807) is 0 Å². The Kier molecular flexibility index (Phi) is 5.55. The number of carboxylic acid groups (broad SMARTS) is 1. The Morgan fingerprint density at radius 2 is 1.94 bits per heavy atom. The molecule has 0 heterocycles. The molecule has 0 atom stereocenters. The molecule has 0 saturated heterocycles. The van der Waals surface area contributed by atoms with E-state index in [-0.39, 0.29) is 18.1 Å². The van der Waals surface area contributed by atoms with Crippen LogP contribution < -0.4 is 5.32 Å². The number of rotatable bonds is 3. The third-order valence-corrected chi connectivity index (χ3v) is 1.98. The average molecular weight is 268 g/mol. The van der Waals surface area contributed by atoms with Gasteiger partial charge in [-0.25, -0.2) is 9.59 Å². The van der Waals surface area contributed by atoms with Crippen molar-refractivity contribution >= 4 is 29.4 Å². The number of hydrogen-bond acceptors (Lipinski definition) is 3. The van der Waals surface area contributed by atoms with Crippen molar-refractivity contribution in [2.75, 3.05) is 17.8 Å². The van der Waals surface area contributed by atoms with Crippen LogP contribution in [-0.4, -0.2) is 29.7 Å². The molecule has 1 aromatic rings. The number of hydrogen-bond donors (Lipinski definition) is 2. The van der Waals surface area contributed by atoms with E-state index in [1.165, 1.54) is 24.3 Å². The van der Waals surface area contributed by atoms with Crippen molar-refractivity contribution in [3.63, 3.8) is 0 Å². The lowest BCUT2D eigenvalue weighted by atomic mass is 10.2. The summed E-state index contributed by atoms with van der Waals surface area (Å²) in [6.07, 6.45) is -0.665. The fourth-order valence-electron chi connectivity index (χ4n) is 1.05. The van der Waals surface area contributed by atoms with Gasteiger partial charge >= 0.3 is 12.1 Å². The number of benzene rings is 1. The maximum Gasteiger partial charge on any atom is 0.412 e. The molecule has 0 radical (unpaired) electrons. The van der Waals surface area contributed by atoms with Crippen molar-refractivity contribution in [1.82, 2.24) is 0 Å². The van der Waals surface area contributed by atoms with Crippen LogP contribution in [0.15, 0.2) is 24.3 Å². The Morgan fingerprint density at radius 3 is 2.50 bits per heavy atom. The van der Waals surface area contributed by atoms with Crippen LogP contribution in [0.5, 0.6) is 0 Å². The average Bonchev–Trinajstić information content (AvgIpc) is 2.35. The standard InChI is InChI=1S/C12H10ClNO4/c13-7-1-2-8-18-12(17)14-10-5-3-9(4-6-10)11(15)16/h3-6H,7-8H2,(H,14,17)(H,15,16). The van der Waals surface area contributed by atoms with E-state index < -0.39 is 12.1 Å². The van der Waals surface area contributed by atoms with E-state index in [2.05, 4.69) is 17.2 Å². The monoisotopic (exact) mass is 267 g/mol. The normalized spacial score (nSPS) is 8.94. The van der Waals surface area contributed by atoms with Crippen molar-refractivity contribution in [2.45, 2.75) is 0 Å². The summed E-state index contributed by atoms with van der Waals surface area (Å²) in [4.78, 5) is 21.8. The minimum atomic E-state index is -1.03. The zero-order valence-electron chi connectivity index (χ0n) is 9.27. The Bertz CT molecular complexity index is 487. The third-order valence-electron chi connectivity index (χ3n) is 1.85. The number of carbonyl (C=O) groups is 2. The molecule has 0 aromatic heterocycles. The summed E-state index contributed by atoms with van der Waals surface area (Å²) < 4.78 is 4.73. The summed E-state index contributed by atoms with van der Waals surface area (Å²) in [7, 11) is 0. The summed E-state index contributed by atoms with van der Waals surface area (Å²) in [5.74, 6) is 4.22. The van der Waals surface area contributed by atoms with E-state index in [0.717, 1.165) is 0 Å². The molecular weight excluding hydrogens is 258 g/mol. The van der Waals surface area contributed by atoms with Gasteiger partial charge in [0.15, 0.2) is 6.61 Å². The maximum atomic E-state index is 11.2. The van der Waals surface area contributed by atoms with Crippen LogP contribution >= 0.6 is 11.6 Å². The van der Waals surface area contributed by atoms with E-state index in [9.17, 15) is 9.59 Å². The van der Waals surface area contributed by atoms with Crippen LogP contribution in [0.3, 0.4) is 0 Å². The number of amides is 1. The van der Waals surface area contributed by atoms with E-state index >= 15 is 0 Å². The lowest BCUT2D eigenvalue weighted by Gasteiger charge is -2.04. The minimum Gasteiger partial charge on any atom is -0.478 e. The van der Waals surface area contributed by atoms with Gasteiger partial charge in [-0.2, -0.15) is 0 Å². The first-order chi connectivity index (χ1) is 8.63. The van der Waals surface area contributed by atoms with Crippen molar-refractivity contribution in [3.8, 4) is 11.8 Å². The molecular formula is C12H10ClNO4. The van der Waals surface area contributed by atoms with Gasteiger partial charge in [0, 0.05) is 5.69 Å². The molecule has 0 fully saturated rings. The molecule has 94 valence electrons. The fourth-order valence-corrected chi connectivity index (χ4v) is 1.14. The van der Waals surface area contributed by atoms with Gasteiger partial charge in [0.2, 0.25) is 0 Å². The first-order valence-electron chi connectivity index (χ1n) is 4.92. The molecule has 1 amide bonds. The number of aromatic carboxylic acids is 1. The molecule has 0 bridgehead atoms. The number of carboxylic acids is 1. The summed E-state index contributed by atoms with van der Waals surface area (Å²) >= 11 is 5.31. The van der Waals surface area contributed by atoms with Crippen LogP contribution in [-0.2, 0) is 4.74 Å². The molecule has 0 saturated carbocycles. The van der Waals surface area contributed by atoms with Gasteiger partial charge < -0.3 is 9.84 Å². The largest absolute Gasteiger partial charge is 0.478 e. The quantitative estimate of drug-likeness (QED) is 0.650. The zero-order chi connectivity index (χ0) is 13.4. The van der Waals surface area contributed by atoms with Gasteiger partial charge in [-0.1, -0.05) is 11.8 Å². The second-order valence-corrected chi connectivity index (χ2v) is 3.34. The first-order valence-corrected chi connectivity index (χ1v) is 5.45. The molecule has 0 aliphatic heterocycles. The number of ether oxygens (including phenoxy) is 1. The number of anilines is 1. The predicted molar refractivity (Wildman–Crippen MR) is 66.9 cm³/mol. The van der Waals surface area contributed by atoms with Crippen LogP contribution in [0, 0.1) is 11.8 Å². The Morgan fingerprint density at radius 1 is 1.28 bits per heavy atom. The van der Waals surface area contributed by atoms with E-state index in [0.29, 0.717) is 5.69 Å². The summed E-state index contributed by atoms with van der Waals surface area (Å²) in [5, 5.41) is 11.1. The minimum absolute atomic E-state index is 0.0498. The maximum absolute atomic E-state index is 11.2. The molecule has 0 aliphatic rings. The molecule has 5 nitrogen and oxygen atoms in total. The van der Waals surface area contributed by atoms with Gasteiger partial charge in [0.25, 0.3) is 0 Å². The van der Waals surface area contributed by atoms with Gasteiger partial charge in [-0.05, 0) is 24.3 Å². The summed E-state index contributed by atoms with van der Waals surface area (Å²) in [6, 6.07) is 5.70. The lowest BCUT2D eigenvalue weighted by molar-refractivity contribution is 0.0697. The summed E-state index contributed by atoms with van der Waals surface area (Å²) in [6.45, 7) is -0.0498. The Balaban J connectivity index is 2.47. The van der Waals surface area contributed by atoms with Crippen molar-refractivity contribution < 1.29 is 19.4 Å². The first kappa shape index (κ1) is 13.9. The smallest absolute Gasteiger partial charge is 0.412 e. The highest BCUT2D eigenvalue weighted by Crippen LogP contribution is 2.09. The van der Waals surface area contributed by atoms with Gasteiger partial charge in [0.05, 0.1) is 11.4 Å². The molecule has 18 heavy (non-hydrogen) atoms. The van der Waals surface area contributed by atoms with Crippen LogP contribution in [0.25, 0.3) is 0 Å². The van der Waals surface area contributed by atoms with Crippen LogP contribution in [0.4, 0.5) is 10.5 Å². The van der Waals surface area contributed by atoms with Gasteiger partial charge in [0.1, 0.15) is 0 Å². The lowest BCUT2D eigenvalue weighted by Crippen LogP contribution is -2.13. The number of alkyl halides is 1. The predicted octanol–water partition coefficient (Wildman–Crippen LogP) is 2.18. The molecule has 1 rings (SSSR count).